The van der Waals surface area contributed by atoms with E-state index < -0.39 is 0 Å². The number of amides is 1. The number of nitrogens with one attached hydrogen (secondary N) is 2. The van der Waals surface area contributed by atoms with E-state index in [0.717, 1.165) is 0 Å². The summed E-state index contributed by atoms with van der Waals surface area (Å²) < 4.78 is 0. The van der Waals surface area contributed by atoms with Crippen molar-refractivity contribution in [1.29, 1.82) is 0 Å². The maximum Gasteiger partial charge on any atom is 0.276 e. The smallest absolute Gasteiger partial charge is 0.276 e. The number of hydrogen-bond acceptors (Lipinski definition) is 5. The molecule has 2 rings (SSSR count). The van der Waals surface area contributed by atoms with Gasteiger partial charge in [0.2, 0.25) is 5.91 Å². The van der Waals surface area contributed by atoms with Gasteiger partial charge in [-0.1, -0.05) is 0 Å². The summed E-state index contributed by atoms with van der Waals surface area (Å²) in [6, 6.07) is 0. The molecule has 0 unspecified atom stereocenters. The molecule has 0 aliphatic carbocycles. The second-order valence-corrected chi connectivity index (χ2v) is 3.56. The van der Waals surface area contributed by atoms with Gasteiger partial charge >= 0.3 is 0 Å². The molecule has 1 aliphatic rings. The summed E-state index contributed by atoms with van der Waals surface area (Å²) >= 11 is 0. The number of aromatic amines is 1. The van der Waals surface area contributed by atoms with Crippen LogP contribution in [-0.2, 0) is 4.79 Å². The second kappa shape index (κ2) is 4.21. The van der Waals surface area contributed by atoms with E-state index in [0.29, 0.717) is 31.9 Å². The van der Waals surface area contributed by atoms with E-state index in [2.05, 4.69) is 15.3 Å². The summed E-state index contributed by atoms with van der Waals surface area (Å²) in [5, 5.41) is 2.74. The largest absolute Gasteiger partial charge is 0.391 e. The van der Waals surface area contributed by atoms with Crippen LogP contribution in [0.2, 0.25) is 0 Å². The minimum Gasteiger partial charge on any atom is -0.391 e. The molecule has 0 aromatic carbocycles. The number of carbonyl (C=O) groups excluding carboxylic acids is 1. The SMILES string of the molecule is Nc1c(N2CCNC(=O)CC2)nc[nH]c1=O. The molecule has 4 N–H and O–H groups in total. The number of nitrogen functional groups attached to an aromatic ring is 1. The van der Waals surface area contributed by atoms with Crippen LogP contribution < -0.4 is 21.5 Å². The third-order valence-electron chi connectivity index (χ3n) is 2.48. The number of aromatic nitrogens is 2. The number of hydrogen-bond donors (Lipinski definition) is 3. The zero-order valence-corrected chi connectivity index (χ0v) is 8.69. The van der Waals surface area contributed by atoms with E-state index in [4.69, 9.17) is 5.73 Å². The summed E-state index contributed by atoms with van der Waals surface area (Å²) in [6.07, 6.45) is 1.70. The van der Waals surface area contributed by atoms with Gasteiger partial charge in [-0.3, -0.25) is 9.59 Å². The van der Waals surface area contributed by atoms with Crippen LogP contribution in [0.5, 0.6) is 0 Å². The van der Waals surface area contributed by atoms with Gasteiger partial charge in [0.05, 0.1) is 6.33 Å². The van der Waals surface area contributed by atoms with Gasteiger partial charge < -0.3 is 20.9 Å². The maximum atomic E-state index is 11.3. The van der Waals surface area contributed by atoms with Crippen LogP contribution in [0, 0.1) is 0 Å². The number of nitrogens with two attached hydrogens (primary N) is 1. The Morgan fingerprint density at radius 3 is 3.00 bits per heavy atom. The van der Waals surface area contributed by atoms with Gasteiger partial charge in [0.25, 0.3) is 5.56 Å². The van der Waals surface area contributed by atoms with Crippen molar-refractivity contribution < 1.29 is 4.79 Å². The van der Waals surface area contributed by atoms with E-state index in [9.17, 15) is 9.59 Å². The summed E-state index contributed by atoms with van der Waals surface area (Å²) in [5.41, 5.74) is 5.39. The third kappa shape index (κ3) is 1.97. The normalized spacial score (nSPS) is 16.8. The van der Waals surface area contributed by atoms with E-state index >= 15 is 0 Å². The molecule has 16 heavy (non-hydrogen) atoms. The van der Waals surface area contributed by atoms with Gasteiger partial charge in [0.1, 0.15) is 5.69 Å². The molecule has 0 saturated carbocycles. The second-order valence-electron chi connectivity index (χ2n) is 3.56. The van der Waals surface area contributed by atoms with Crippen LogP contribution in [0.25, 0.3) is 0 Å². The highest BCUT2D eigenvalue weighted by Gasteiger charge is 2.17. The van der Waals surface area contributed by atoms with Gasteiger partial charge in [0, 0.05) is 26.1 Å². The number of nitrogens with zero attached hydrogens (tertiary/aromatic N) is 2. The van der Waals surface area contributed by atoms with Crippen LogP contribution in [0.1, 0.15) is 6.42 Å². The molecule has 1 saturated heterocycles. The first-order valence-corrected chi connectivity index (χ1v) is 5.03. The van der Waals surface area contributed by atoms with Crippen LogP contribution in [0.4, 0.5) is 11.5 Å². The Kier molecular flexibility index (Phi) is 2.76. The van der Waals surface area contributed by atoms with Crippen molar-refractivity contribution in [1.82, 2.24) is 15.3 Å². The van der Waals surface area contributed by atoms with Crippen LogP contribution >= 0.6 is 0 Å². The van der Waals surface area contributed by atoms with Crippen LogP contribution in [0.3, 0.4) is 0 Å². The molecule has 0 bridgehead atoms. The Labute approximate surface area is 91.7 Å². The maximum absolute atomic E-state index is 11.3. The monoisotopic (exact) mass is 223 g/mol. The van der Waals surface area contributed by atoms with Crippen molar-refractivity contribution in [3.8, 4) is 0 Å². The van der Waals surface area contributed by atoms with Crippen molar-refractivity contribution in [3.05, 3.63) is 16.7 Å². The fraction of sp³-hybridized carbons (Fsp3) is 0.444. The topological polar surface area (TPSA) is 104 Å². The molecule has 1 aromatic heterocycles. The molecule has 86 valence electrons. The highest BCUT2D eigenvalue weighted by molar-refractivity contribution is 5.77. The molecule has 7 nitrogen and oxygen atoms in total. The third-order valence-corrected chi connectivity index (χ3v) is 2.48. The Morgan fingerprint density at radius 2 is 2.19 bits per heavy atom. The number of H-pyrrole nitrogens is 1. The van der Waals surface area contributed by atoms with Gasteiger partial charge in [-0.25, -0.2) is 4.98 Å². The zero-order chi connectivity index (χ0) is 11.5. The fourth-order valence-corrected chi connectivity index (χ4v) is 1.63. The van der Waals surface area contributed by atoms with Crippen molar-refractivity contribution >= 4 is 17.4 Å². The lowest BCUT2D eigenvalue weighted by Crippen LogP contribution is -2.31. The molecule has 0 spiro atoms. The van der Waals surface area contributed by atoms with Gasteiger partial charge in [-0.15, -0.1) is 0 Å². The standard InChI is InChI=1S/C9H13N5O2/c10-7-8(12-5-13-9(7)16)14-3-1-6(15)11-2-4-14/h5H,1-4,10H2,(H,11,15)(H,12,13,16). The Morgan fingerprint density at radius 1 is 1.38 bits per heavy atom. The van der Waals surface area contributed by atoms with Crippen molar-refractivity contribution in [2.75, 3.05) is 30.3 Å². The number of anilines is 2. The molecule has 1 amide bonds. The van der Waals surface area contributed by atoms with Crippen LogP contribution in [-0.4, -0.2) is 35.5 Å². The van der Waals surface area contributed by atoms with E-state index in [1.165, 1.54) is 6.33 Å². The van der Waals surface area contributed by atoms with Gasteiger partial charge in [0.15, 0.2) is 5.82 Å². The fourth-order valence-electron chi connectivity index (χ4n) is 1.63. The number of rotatable bonds is 1. The molecule has 1 fully saturated rings. The summed E-state index contributed by atoms with van der Waals surface area (Å²) in [5.74, 6) is 0.450. The molecule has 7 heteroatoms. The predicted octanol–water partition coefficient (Wildman–Crippen LogP) is -1.32. The van der Waals surface area contributed by atoms with E-state index in [1.54, 1.807) is 0 Å². The summed E-state index contributed by atoms with van der Waals surface area (Å²) in [4.78, 5) is 30.7. The first kappa shape index (κ1) is 10.5. The minimum atomic E-state index is -0.353. The van der Waals surface area contributed by atoms with Crippen molar-refractivity contribution in [2.45, 2.75) is 6.42 Å². The van der Waals surface area contributed by atoms with E-state index in [-0.39, 0.29) is 17.2 Å². The Hall–Kier alpha value is -2.05. The zero-order valence-electron chi connectivity index (χ0n) is 8.69. The average molecular weight is 223 g/mol. The molecule has 0 atom stereocenters. The lowest BCUT2D eigenvalue weighted by Gasteiger charge is -2.21. The highest BCUT2D eigenvalue weighted by Crippen LogP contribution is 2.15. The van der Waals surface area contributed by atoms with Crippen molar-refractivity contribution in [2.24, 2.45) is 0 Å². The predicted molar refractivity (Wildman–Crippen MR) is 59.1 cm³/mol. The molecular formula is C9H13N5O2. The average Bonchev–Trinajstić information content (AvgIpc) is 2.47. The Balaban J connectivity index is 2.26. The lowest BCUT2D eigenvalue weighted by atomic mass is 10.3. The first-order valence-electron chi connectivity index (χ1n) is 5.03. The lowest BCUT2D eigenvalue weighted by molar-refractivity contribution is -0.120. The molecule has 2 heterocycles. The van der Waals surface area contributed by atoms with Gasteiger partial charge in [-0.2, -0.15) is 0 Å². The summed E-state index contributed by atoms with van der Waals surface area (Å²) in [6.45, 7) is 1.66. The quantitative estimate of drug-likeness (QED) is 0.547. The summed E-state index contributed by atoms with van der Waals surface area (Å²) in [7, 11) is 0. The Bertz CT molecular complexity index is 455. The van der Waals surface area contributed by atoms with Crippen LogP contribution in [0.15, 0.2) is 11.1 Å². The molecular weight excluding hydrogens is 210 g/mol. The molecule has 1 aromatic rings. The number of carbonyl (C=O) groups is 1. The minimum absolute atomic E-state index is 0.00547. The first-order chi connectivity index (χ1) is 7.68. The van der Waals surface area contributed by atoms with E-state index in [1.807, 2.05) is 4.90 Å². The molecule has 1 aliphatic heterocycles. The van der Waals surface area contributed by atoms with Gasteiger partial charge in [-0.05, 0) is 0 Å². The highest BCUT2D eigenvalue weighted by atomic mass is 16.1. The van der Waals surface area contributed by atoms with Crippen molar-refractivity contribution in [3.63, 3.8) is 0 Å². The molecule has 0 radical (unpaired) electrons.